The molecule has 3 rings (SSSR count). The van der Waals surface area contributed by atoms with E-state index in [1.165, 1.54) is 4.90 Å². The van der Waals surface area contributed by atoms with Gasteiger partial charge in [-0.2, -0.15) is 4.98 Å². The first-order valence-electron chi connectivity index (χ1n) is 9.56. The lowest BCUT2D eigenvalue weighted by atomic mass is 10.2. The van der Waals surface area contributed by atoms with Gasteiger partial charge in [0.1, 0.15) is 11.5 Å². The Morgan fingerprint density at radius 1 is 1.03 bits per heavy atom. The lowest BCUT2D eigenvalue weighted by Gasteiger charge is -2.21. The summed E-state index contributed by atoms with van der Waals surface area (Å²) in [4.78, 5) is 18.6. The van der Waals surface area contributed by atoms with E-state index in [0.29, 0.717) is 34.4 Å². The third-order valence-electron chi connectivity index (χ3n) is 4.59. The average Bonchev–Trinajstić information content (AvgIpc) is 3.26. The molecule has 1 unspecified atom stereocenters. The first kappa shape index (κ1) is 21.9. The second kappa shape index (κ2) is 9.84. The molecule has 0 aliphatic rings. The van der Waals surface area contributed by atoms with E-state index >= 15 is 0 Å². The summed E-state index contributed by atoms with van der Waals surface area (Å²) in [6.07, 6.45) is -0.731. The van der Waals surface area contributed by atoms with Crippen molar-refractivity contribution in [1.29, 1.82) is 0 Å². The van der Waals surface area contributed by atoms with Crippen molar-refractivity contribution in [3.8, 4) is 34.4 Å². The number of amides is 1. The van der Waals surface area contributed by atoms with Gasteiger partial charge in [0.05, 0.1) is 33.4 Å². The van der Waals surface area contributed by atoms with Crippen molar-refractivity contribution in [3.05, 3.63) is 48.4 Å². The molecule has 0 aliphatic carbocycles. The van der Waals surface area contributed by atoms with Crippen molar-refractivity contribution < 1.29 is 28.3 Å². The highest BCUT2D eigenvalue weighted by Crippen LogP contribution is 2.31. The van der Waals surface area contributed by atoms with E-state index in [1.54, 1.807) is 65.6 Å². The first-order valence-corrected chi connectivity index (χ1v) is 9.56. The molecule has 31 heavy (non-hydrogen) atoms. The monoisotopic (exact) mass is 427 g/mol. The number of para-hydroxylation sites is 2. The van der Waals surface area contributed by atoms with Crippen LogP contribution >= 0.6 is 0 Å². The van der Waals surface area contributed by atoms with Crippen LogP contribution in [0.4, 0.5) is 0 Å². The third-order valence-corrected chi connectivity index (χ3v) is 4.59. The fourth-order valence-corrected chi connectivity index (χ4v) is 2.96. The Bertz CT molecular complexity index is 1040. The minimum atomic E-state index is -0.731. The molecule has 1 heterocycles. The topological polar surface area (TPSA) is 96.2 Å². The van der Waals surface area contributed by atoms with E-state index in [0.717, 1.165) is 0 Å². The van der Waals surface area contributed by atoms with Crippen molar-refractivity contribution in [3.63, 3.8) is 0 Å². The molecule has 3 aromatic rings. The van der Waals surface area contributed by atoms with Crippen molar-refractivity contribution >= 4 is 5.91 Å². The van der Waals surface area contributed by atoms with E-state index in [2.05, 4.69) is 10.1 Å². The molecule has 0 bridgehead atoms. The molecule has 0 spiro atoms. The third kappa shape index (κ3) is 5.06. The van der Waals surface area contributed by atoms with E-state index in [-0.39, 0.29) is 18.3 Å². The van der Waals surface area contributed by atoms with Gasteiger partial charge in [-0.05, 0) is 31.2 Å². The Morgan fingerprint density at radius 2 is 1.74 bits per heavy atom. The smallest absolute Gasteiger partial charge is 0.263 e. The molecule has 0 N–H and O–H groups in total. The number of ether oxygens (including phenoxy) is 4. The zero-order valence-electron chi connectivity index (χ0n) is 18.1. The molecule has 0 radical (unpaired) electrons. The van der Waals surface area contributed by atoms with E-state index in [4.69, 9.17) is 23.5 Å². The summed E-state index contributed by atoms with van der Waals surface area (Å²) >= 11 is 0. The number of carbonyl (C=O) groups is 1. The molecule has 0 aliphatic heterocycles. The minimum Gasteiger partial charge on any atom is -0.497 e. The number of benzene rings is 2. The molecule has 164 valence electrons. The molecule has 9 nitrogen and oxygen atoms in total. The molecule has 0 saturated carbocycles. The highest BCUT2D eigenvalue weighted by Gasteiger charge is 2.23. The molecular weight excluding hydrogens is 402 g/mol. The van der Waals surface area contributed by atoms with Crippen LogP contribution in [0.1, 0.15) is 12.8 Å². The van der Waals surface area contributed by atoms with Crippen LogP contribution in [0.15, 0.2) is 47.0 Å². The Morgan fingerprint density at radius 3 is 2.42 bits per heavy atom. The predicted molar refractivity (Wildman–Crippen MR) is 112 cm³/mol. The quantitative estimate of drug-likeness (QED) is 0.514. The van der Waals surface area contributed by atoms with Crippen molar-refractivity contribution in [2.24, 2.45) is 0 Å². The summed E-state index contributed by atoms with van der Waals surface area (Å²) in [7, 11) is 6.31. The maximum Gasteiger partial charge on any atom is 0.263 e. The van der Waals surface area contributed by atoms with Gasteiger partial charge in [0.15, 0.2) is 17.6 Å². The Hall–Kier alpha value is -3.75. The lowest BCUT2D eigenvalue weighted by molar-refractivity contribution is -0.137. The van der Waals surface area contributed by atoms with Crippen molar-refractivity contribution in [2.45, 2.75) is 19.6 Å². The number of hydrogen-bond donors (Lipinski definition) is 0. The Balaban J connectivity index is 1.68. The van der Waals surface area contributed by atoms with E-state index < -0.39 is 6.10 Å². The van der Waals surface area contributed by atoms with Crippen LogP contribution in [-0.2, 0) is 11.3 Å². The normalized spacial score (nSPS) is 11.5. The highest BCUT2D eigenvalue weighted by atomic mass is 16.5. The molecular formula is C22H25N3O6. The van der Waals surface area contributed by atoms with Gasteiger partial charge in [0.2, 0.25) is 11.7 Å². The minimum absolute atomic E-state index is 0.129. The van der Waals surface area contributed by atoms with Gasteiger partial charge in [-0.3, -0.25) is 4.79 Å². The van der Waals surface area contributed by atoms with Gasteiger partial charge in [0, 0.05) is 13.1 Å². The fourth-order valence-electron chi connectivity index (χ4n) is 2.96. The number of methoxy groups -OCH3 is 3. The van der Waals surface area contributed by atoms with Crippen LogP contribution in [0, 0.1) is 0 Å². The number of hydrogen-bond acceptors (Lipinski definition) is 8. The number of aromatic nitrogens is 2. The number of likely N-dealkylation sites (N-methyl/N-ethyl adjacent to an activating group) is 1. The Labute approximate surface area is 180 Å². The van der Waals surface area contributed by atoms with Gasteiger partial charge in [-0.25, -0.2) is 0 Å². The highest BCUT2D eigenvalue weighted by molar-refractivity contribution is 5.80. The first-order chi connectivity index (χ1) is 15.0. The molecule has 0 saturated heterocycles. The van der Waals surface area contributed by atoms with Crippen LogP contribution in [0.2, 0.25) is 0 Å². The lowest BCUT2D eigenvalue weighted by Crippen LogP contribution is -2.37. The number of nitrogens with zero attached hydrogens (tertiary/aromatic N) is 3. The Kier molecular flexibility index (Phi) is 6.96. The summed E-state index contributed by atoms with van der Waals surface area (Å²) in [5.41, 5.74) is 0.653. The van der Waals surface area contributed by atoms with Gasteiger partial charge < -0.3 is 28.4 Å². The zero-order chi connectivity index (χ0) is 22.4. The fraction of sp³-hybridized carbons (Fsp3) is 0.318. The SMILES string of the molecule is COc1ccc(-c2noc(CN(C)C(=O)C(C)Oc3ccccc3OC)n2)c(OC)c1. The molecule has 0 fully saturated rings. The summed E-state index contributed by atoms with van der Waals surface area (Å²) in [5, 5.41) is 4.01. The van der Waals surface area contributed by atoms with E-state index in [1.807, 2.05) is 12.1 Å². The van der Waals surface area contributed by atoms with Gasteiger partial charge in [-0.15, -0.1) is 0 Å². The molecule has 1 atom stereocenters. The molecule has 2 aromatic carbocycles. The van der Waals surface area contributed by atoms with Crippen molar-refractivity contribution in [1.82, 2.24) is 15.0 Å². The van der Waals surface area contributed by atoms with Crippen LogP contribution < -0.4 is 18.9 Å². The predicted octanol–water partition coefficient (Wildman–Crippen LogP) is 3.19. The number of rotatable bonds is 9. The second-order valence-electron chi connectivity index (χ2n) is 6.68. The summed E-state index contributed by atoms with van der Waals surface area (Å²) in [5.74, 6) is 2.65. The van der Waals surface area contributed by atoms with Gasteiger partial charge >= 0.3 is 0 Å². The number of carbonyl (C=O) groups excluding carboxylic acids is 1. The average molecular weight is 427 g/mol. The summed E-state index contributed by atoms with van der Waals surface area (Å²) < 4.78 is 26.9. The van der Waals surface area contributed by atoms with E-state index in [9.17, 15) is 4.79 Å². The van der Waals surface area contributed by atoms with Gasteiger partial charge in [-0.1, -0.05) is 17.3 Å². The maximum absolute atomic E-state index is 12.7. The molecule has 1 amide bonds. The molecule has 9 heteroatoms. The summed E-state index contributed by atoms with van der Waals surface area (Å²) in [6, 6.07) is 12.4. The van der Waals surface area contributed by atoms with Crippen molar-refractivity contribution in [2.75, 3.05) is 28.4 Å². The largest absolute Gasteiger partial charge is 0.497 e. The summed E-state index contributed by atoms with van der Waals surface area (Å²) in [6.45, 7) is 1.80. The molecule has 1 aromatic heterocycles. The van der Waals surface area contributed by atoms with Gasteiger partial charge in [0.25, 0.3) is 5.91 Å². The van der Waals surface area contributed by atoms with Crippen LogP contribution in [0.5, 0.6) is 23.0 Å². The van der Waals surface area contributed by atoms with Crippen LogP contribution in [0.25, 0.3) is 11.4 Å². The zero-order valence-corrected chi connectivity index (χ0v) is 18.1. The van der Waals surface area contributed by atoms with Crippen LogP contribution in [0.3, 0.4) is 0 Å². The second-order valence-corrected chi connectivity index (χ2v) is 6.68. The maximum atomic E-state index is 12.7. The standard InChI is InChI=1S/C22H25N3O6/c1-14(30-18-9-7-6-8-17(18)28-4)22(26)25(2)13-20-23-21(24-31-20)16-11-10-15(27-3)12-19(16)29-5/h6-12,14H,13H2,1-5H3. The van der Waals surface area contributed by atoms with Crippen LogP contribution in [-0.4, -0.2) is 55.4 Å².